The number of nitrogens with zero attached hydrogens (tertiary/aromatic N) is 2. The van der Waals surface area contributed by atoms with Crippen molar-refractivity contribution < 1.29 is 9.59 Å². The molecule has 1 fully saturated rings. The summed E-state index contributed by atoms with van der Waals surface area (Å²) in [5.41, 5.74) is -1.24. The van der Waals surface area contributed by atoms with Crippen molar-refractivity contribution in [1.82, 2.24) is 4.90 Å². The summed E-state index contributed by atoms with van der Waals surface area (Å²) < 4.78 is 0. The van der Waals surface area contributed by atoms with Crippen LogP contribution in [0, 0.1) is 23.3 Å². The SMILES string of the molecule is [C-]#[N+]C1=C[C@]2(C)C(=O)N(C)CC[C@H]2C(C)(C)C1=O. The molecule has 2 rings (SSSR count). The van der Waals surface area contributed by atoms with E-state index in [1.54, 1.807) is 18.0 Å². The topological polar surface area (TPSA) is 41.7 Å². The highest BCUT2D eigenvalue weighted by atomic mass is 16.2. The fourth-order valence-corrected chi connectivity index (χ4v) is 3.48. The Balaban J connectivity index is 2.62. The zero-order chi connectivity index (χ0) is 13.7. The van der Waals surface area contributed by atoms with E-state index in [0.717, 1.165) is 6.42 Å². The van der Waals surface area contributed by atoms with Crippen molar-refractivity contribution in [3.05, 3.63) is 23.2 Å². The molecule has 96 valence electrons. The lowest BCUT2D eigenvalue weighted by Crippen LogP contribution is -2.57. The van der Waals surface area contributed by atoms with Crippen LogP contribution in [0.25, 0.3) is 4.85 Å². The third-order valence-electron chi connectivity index (χ3n) is 4.53. The van der Waals surface area contributed by atoms with Gasteiger partial charge in [-0.15, -0.1) is 0 Å². The predicted molar refractivity (Wildman–Crippen MR) is 67.3 cm³/mol. The maximum absolute atomic E-state index is 12.4. The second-order valence-corrected chi connectivity index (χ2v) is 6.04. The Bertz CT molecular complexity index is 498. The number of ketones is 1. The fraction of sp³-hybridized carbons (Fsp3) is 0.643. The first-order valence-electron chi connectivity index (χ1n) is 6.16. The Morgan fingerprint density at radius 3 is 2.56 bits per heavy atom. The molecule has 0 unspecified atom stereocenters. The zero-order valence-corrected chi connectivity index (χ0v) is 11.3. The molecule has 0 spiro atoms. The van der Waals surface area contributed by atoms with Crippen molar-refractivity contribution in [2.45, 2.75) is 27.2 Å². The van der Waals surface area contributed by atoms with Gasteiger partial charge in [0, 0.05) is 19.0 Å². The lowest BCUT2D eigenvalue weighted by molar-refractivity contribution is -0.152. The largest absolute Gasteiger partial charge is 0.345 e. The van der Waals surface area contributed by atoms with Gasteiger partial charge in [-0.3, -0.25) is 4.79 Å². The lowest BCUT2D eigenvalue weighted by atomic mass is 9.55. The van der Waals surface area contributed by atoms with Gasteiger partial charge in [-0.25, -0.2) is 4.85 Å². The number of amides is 1. The number of piperidine rings is 1. The molecule has 18 heavy (non-hydrogen) atoms. The van der Waals surface area contributed by atoms with Crippen molar-refractivity contribution in [1.29, 1.82) is 0 Å². The number of rotatable bonds is 0. The zero-order valence-electron chi connectivity index (χ0n) is 11.3. The third kappa shape index (κ3) is 1.43. The molecule has 0 aromatic carbocycles. The Kier molecular flexibility index (Phi) is 2.62. The predicted octanol–water partition coefficient (Wildman–Crippen LogP) is 1.88. The number of Topliss-reactive ketones (excluding diaryl/α,β-unsaturated/α-hetero) is 1. The van der Waals surface area contributed by atoms with Gasteiger partial charge in [-0.1, -0.05) is 19.9 Å². The molecule has 2 aliphatic rings. The molecule has 0 aromatic heterocycles. The summed E-state index contributed by atoms with van der Waals surface area (Å²) >= 11 is 0. The first-order valence-corrected chi connectivity index (χ1v) is 6.16. The van der Waals surface area contributed by atoms with Crippen molar-refractivity contribution in [3.63, 3.8) is 0 Å². The molecule has 0 N–H and O–H groups in total. The third-order valence-corrected chi connectivity index (χ3v) is 4.53. The first kappa shape index (κ1) is 12.8. The van der Waals surface area contributed by atoms with Crippen LogP contribution in [0.5, 0.6) is 0 Å². The molecule has 1 heterocycles. The monoisotopic (exact) mass is 246 g/mol. The molecule has 4 nitrogen and oxygen atoms in total. The molecule has 2 atom stereocenters. The van der Waals surface area contributed by atoms with Gasteiger partial charge < -0.3 is 9.69 Å². The highest BCUT2D eigenvalue weighted by Gasteiger charge is 2.56. The van der Waals surface area contributed by atoms with E-state index in [0.29, 0.717) is 6.54 Å². The van der Waals surface area contributed by atoms with E-state index in [4.69, 9.17) is 6.57 Å². The van der Waals surface area contributed by atoms with E-state index in [2.05, 4.69) is 4.85 Å². The second kappa shape index (κ2) is 3.68. The average molecular weight is 246 g/mol. The number of carbonyl (C=O) groups excluding carboxylic acids is 2. The van der Waals surface area contributed by atoms with Crippen molar-refractivity contribution >= 4 is 11.7 Å². The van der Waals surface area contributed by atoms with Gasteiger partial charge in [0.25, 0.3) is 0 Å². The molecule has 1 saturated heterocycles. The summed E-state index contributed by atoms with van der Waals surface area (Å²) in [5, 5.41) is 0. The summed E-state index contributed by atoms with van der Waals surface area (Å²) in [6, 6.07) is 0. The van der Waals surface area contributed by atoms with Crippen LogP contribution < -0.4 is 0 Å². The smallest absolute Gasteiger partial charge is 0.231 e. The van der Waals surface area contributed by atoms with E-state index in [9.17, 15) is 9.59 Å². The van der Waals surface area contributed by atoms with E-state index < -0.39 is 10.8 Å². The van der Waals surface area contributed by atoms with E-state index in [-0.39, 0.29) is 23.3 Å². The van der Waals surface area contributed by atoms with Gasteiger partial charge >= 0.3 is 0 Å². The molecule has 0 saturated carbocycles. The maximum atomic E-state index is 12.4. The van der Waals surface area contributed by atoms with Crippen LogP contribution in [0.15, 0.2) is 11.8 Å². The van der Waals surface area contributed by atoms with Gasteiger partial charge in [-0.2, -0.15) is 0 Å². The number of hydrogen-bond donors (Lipinski definition) is 0. The maximum Gasteiger partial charge on any atom is 0.231 e. The molecular formula is C14H18N2O2. The molecule has 1 aliphatic carbocycles. The minimum atomic E-state index is -0.718. The molecule has 1 amide bonds. The highest BCUT2D eigenvalue weighted by molar-refractivity contribution is 6.04. The second-order valence-electron chi connectivity index (χ2n) is 6.04. The van der Waals surface area contributed by atoms with Gasteiger partial charge in [0.15, 0.2) is 5.78 Å². The van der Waals surface area contributed by atoms with Crippen molar-refractivity contribution in [2.75, 3.05) is 13.6 Å². The van der Waals surface area contributed by atoms with Gasteiger partial charge in [0.2, 0.25) is 11.6 Å². The summed E-state index contributed by atoms with van der Waals surface area (Å²) in [6.45, 7) is 13.4. The normalized spacial score (nSPS) is 34.7. The lowest BCUT2D eigenvalue weighted by Gasteiger charge is -2.51. The number of carbonyl (C=O) groups is 2. The standard InChI is InChI=1S/C14H18N2O2/c1-13(2)10-6-7-16(5)12(18)14(10,3)8-9(15-4)11(13)17/h8,10H,6-7H2,1-3,5H3/t10-,14-/m0/s1. The minimum Gasteiger partial charge on any atom is -0.345 e. The molecule has 0 radical (unpaired) electrons. The van der Waals surface area contributed by atoms with E-state index in [1.165, 1.54) is 0 Å². The highest BCUT2D eigenvalue weighted by Crippen LogP contribution is 2.52. The van der Waals surface area contributed by atoms with Crippen LogP contribution in [0.4, 0.5) is 0 Å². The van der Waals surface area contributed by atoms with Crippen LogP contribution in [-0.2, 0) is 9.59 Å². The minimum absolute atomic E-state index is 0.0143. The van der Waals surface area contributed by atoms with Crippen molar-refractivity contribution in [2.24, 2.45) is 16.7 Å². The number of allylic oxidation sites excluding steroid dienone is 1. The van der Waals surface area contributed by atoms with Crippen LogP contribution in [0.3, 0.4) is 0 Å². The summed E-state index contributed by atoms with van der Waals surface area (Å²) in [4.78, 5) is 29.7. The Morgan fingerprint density at radius 1 is 1.39 bits per heavy atom. The Morgan fingerprint density at radius 2 is 2.00 bits per heavy atom. The Labute approximate surface area is 107 Å². The van der Waals surface area contributed by atoms with Crippen LogP contribution in [-0.4, -0.2) is 30.2 Å². The van der Waals surface area contributed by atoms with E-state index in [1.807, 2.05) is 20.8 Å². The molecule has 0 bridgehead atoms. The van der Waals surface area contributed by atoms with E-state index >= 15 is 0 Å². The average Bonchev–Trinajstić information content (AvgIpc) is 2.31. The molecule has 1 aliphatic heterocycles. The number of likely N-dealkylation sites (tertiary alicyclic amines) is 1. The summed E-state index contributed by atoms with van der Waals surface area (Å²) in [7, 11) is 1.78. The van der Waals surface area contributed by atoms with Crippen LogP contribution in [0.2, 0.25) is 0 Å². The van der Waals surface area contributed by atoms with Gasteiger partial charge in [0.1, 0.15) is 0 Å². The summed E-state index contributed by atoms with van der Waals surface area (Å²) in [5.74, 6) is -0.135. The summed E-state index contributed by atoms with van der Waals surface area (Å²) in [6.07, 6.45) is 2.40. The molecule has 4 heteroatoms. The first-order chi connectivity index (χ1) is 8.25. The van der Waals surface area contributed by atoms with Gasteiger partial charge in [-0.05, 0) is 19.3 Å². The molecule has 0 aromatic rings. The van der Waals surface area contributed by atoms with Crippen LogP contribution in [0.1, 0.15) is 27.2 Å². The number of fused-ring (bicyclic) bond motifs is 1. The molecular weight excluding hydrogens is 228 g/mol. The fourth-order valence-electron chi connectivity index (χ4n) is 3.48. The number of hydrogen-bond acceptors (Lipinski definition) is 2. The van der Waals surface area contributed by atoms with Crippen molar-refractivity contribution in [3.8, 4) is 0 Å². The Hall–Kier alpha value is -1.63. The quantitative estimate of drug-likeness (QED) is 0.612. The van der Waals surface area contributed by atoms with Gasteiger partial charge in [0.05, 0.1) is 12.0 Å². The van der Waals surface area contributed by atoms with Crippen LogP contribution >= 0.6 is 0 Å².